The van der Waals surface area contributed by atoms with Crippen LogP contribution in [0.1, 0.15) is 15.9 Å². The number of halogens is 1. The molecule has 1 aliphatic rings. The summed E-state index contributed by atoms with van der Waals surface area (Å²) in [5.41, 5.74) is 1.65. The number of carboxylic acid groups (broad SMARTS) is 1. The number of thioether (sulfide) groups is 2. The highest BCUT2D eigenvalue weighted by atomic mass is 35.5. The van der Waals surface area contributed by atoms with Crippen LogP contribution in [0.3, 0.4) is 0 Å². The Morgan fingerprint density at radius 2 is 2.20 bits per heavy atom. The molecule has 0 bridgehead atoms. The summed E-state index contributed by atoms with van der Waals surface area (Å²) in [4.78, 5) is 25.0. The highest BCUT2D eigenvalue weighted by molar-refractivity contribution is 8.17. The van der Waals surface area contributed by atoms with Crippen LogP contribution in [0.15, 0.2) is 27.9 Å². The molecule has 1 atom stereocenters. The molecule has 2 heterocycles. The van der Waals surface area contributed by atoms with Gasteiger partial charge in [0.1, 0.15) is 16.1 Å². The summed E-state index contributed by atoms with van der Waals surface area (Å²) in [5, 5.41) is 16.3. The summed E-state index contributed by atoms with van der Waals surface area (Å²) >= 11 is 9.08. The van der Waals surface area contributed by atoms with Crippen LogP contribution < -0.4 is 16.2 Å². The predicted octanol–water partition coefficient (Wildman–Crippen LogP) is 3.95. The molecule has 0 spiro atoms. The molecule has 0 fully saturated rings. The number of hydrogen-bond acceptors (Lipinski definition) is 6. The van der Waals surface area contributed by atoms with Gasteiger partial charge >= 0.3 is 5.97 Å². The zero-order valence-corrected chi connectivity index (χ0v) is 16.1. The van der Waals surface area contributed by atoms with Crippen LogP contribution >= 0.6 is 35.1 Å². The number of carboxylic acids is 1. The molecule has 1 aromatic heterocycles. The molecule has 0 aliphatic carbocycles. The van der Waals surface area contributed by atoms with E-state index in [1.54, 1.807) is 19.2 Å². The summed E-state index contributed by atoms with van der Waals surface area (Å²) in [5.74, 6) is -0.927. The molecule has 3 N–H and O–H groups in total. The Kier molecular flexibility index (Phi) is 4.95. The number of carbonyl (C=O) groups is 1. The van der Waals surface area contributed by atoms with Gasteiger partial charge in [0, 0.05) is 7.05 Å². The van der Waals surface area contributed by atoms with E-state index in [-0.39, 0.29) is 21.6 Å². The van der Waals surface area contributed by atoms with E-state index >= 15 is 0 Å². The van der Waals surface area contributed by atoms with Crippen LogP contribution in [0.4, 0.5) is 17.2 Å². The first kappa shape index (κ1) is 18.0. The minimum Gasteiger partial charge on any atom is -0.477 e. The molecule has 132 valence electrons. The third kappa shape index (κ3) is 3.21. The number of hydrogen-bond donors (Lipinski definition) is 3. The van der Waals surface area contributed by atoms with Crippen molar-refractivity contribution in [2.75, 3.05) is 16.9 Å². The summed E-state index contributed by atoms with van der Waals surface area (Å²) in [6, 6.07) is 5.39. The van der Waals surface area contributed by atoms with Crippen molar-refractivity contribution in [2.24, 2.45) is 7.05 Å². The van der Waals surface area contributed by atoms with Gasteiger partial charge in [0.05, 0.1) is 21.3 Å². The Bertz CT molecular complexity index is 930. The van der Waals surface area contributed by atoms with Gasteiger partial charge in [-0.15, -0.1) is 11.8 Å². The van der Waals surface area contributed by atoms with E-state index in [4.69, 9.17) is 11.6 Å². The average molecular weight is 398 g/mol. The molecular weight excluding hydrogens is 382 g/mol. The van der Waals surface area contributed by atoms with Crippen LogP contribution in [-0.4, -0.2) is 26.6 Å². The van der Waals surface area contributed by atoms with Crippen LogP contribution in [-0.2, 0) is 7.05 Å². The van der Waals surface area contributed by atoms with Crippen molar-refractivity contribution in [3.05, 3.63) is 44.7 Å². The van der Waals surface area contributed by atoms with Crippen LogP contribution in [0, 0.1) is 6.92 Å². The first-order valence-electron chi connectivity index (χ1n) is 7.33. The molecule has 6 nitrogen and oxygen atoms in total. The Morgan fingerprint density at radius 1 is 1.48 bits per heavy atom. The third-order valence-electron chi connectivity index (χ3n) is 3.84. The molecule has 0 saturated carbocycles. The van der Waals surface area contributed by atoms with E-state index in [9.17, 15) is 14.7 Å². The van der Waals surface area contributed by atoms with Crippen molar-refractivity contribution in [3.8, 4) is 0 Å². The predicted molar refractivity (Wildman–Crippen MR) is 105 cm³/mol. The van der Waals surface area contributed by atoms with E-state index in [1.807, 2.05) is 19.2 Å². The lowest BCUT2D eigenvalue weighted by atomic mass is 10.1. The minimum absolute atomic E-state index is 0.0257. The summed E-state index contributed by atoms with van der Waals surface area (Å²) in [6.45, 7) is 1.91. The van der Waals surface area contributed by atoms with Crippen LogP contribution in [0.5, 0.6) is 0 Å². The monoisotopic (exact) mass is 397 g/mol. The third-order valence-corrected chi connectivity index (χ3v) is 6.51. The second-order valence-electron chi connectivity index (χ2n) is 5.54. The molecule has 1 aromatic carbocycles. The fourth-order valence-electron chi connectivity index (χ4n) is 2.57. The number of aryl methyl sites for hydroxylation is 1. The molecule has 0 amide bonds. The summed E-state index contributed by atoms with van der Waals surface area (Å²) in [6.07, 6.45) is 1.90. The van der Waals surface area contributed by atoms with E-state index in [0.29, 0.717) is 21.3 Å². The van der Waals surface area contributed by atoms with E-state index < -0.39 is 5.97 Å². The maximum atomic E-state index is 12.7. The summed E-state index contributed by atoms with van der Waals surface area (Å²) < 4.78 is 1.22. The van der Waals surface area contributed by atoms with Crippen molar-refractivity contribution >= 4 is 58.3 Å². The standard InChI is InChI=1S/C16H16ClN3O3S2/c1-7-4-5-9(8(17)6-7)18-13-10(15(22)23)11-12(14(21)20(13)2)25-16(19-11)24-3/h4-6,16,18-19H,1-3H3,(H,22,23). The smallest absolute Gasteiger partial charge is 0.341 e. The van der Waals surface area contributed by atoms with Crippen molar-refractivity contribution in [2.45, 2.75) is 16.5 Å². The van der Waals surface area contributed by atoms with Gasteiger partial charge in [-0.1, -0.05) is 29.4 Å². The van der Waals surface area contributed by atoms with E-state index in [2.05, 4.69) is 10.6 Å². The number of aromatic nitrogens is 1. The van der Waals surface area contributed by atoms with Gasteiger partial charge in [-0.05, 0) is 30.9 Å². The van der Waals surface area contributed by atoms with E-state index in [1.165, 1.54) is 28.1 Å². The summed E-state index contributed by atoms with van der Waals surface area (Å²) in [7, 11) is 1.55. The largest absolute Gasteiger partial charge is 0.477 e. The molecule has 2 aromatic rings. The SMILES string of the molecule is CSC1Nc2c(C(=O)O)c(Nc3ccc(C)cc3Cl)n(C)c(=O)c2S1. The van der Waals surface area contributed by atoms with Crippen molar-refractivity contribution in [1.82, 2.24) is 4.57 Å². The van der Waals surface area contributed by atoms with Gasteiger partial charge < -0.3 is 15.7 Å². The first-order valence-corrected chi connectivity index (χ1v) is 9.87. The number of nitrogens with zero attached hydrogens (tertiary/aromatic N) is 1. The molecule has 25 heavy (non-hydrogen) atoms. The topological polar surface area (TPSA) is 83.4 Å². The molecule has 3 rings (SSSR count). The number of pyridine rings is 1. The number of fused-ring (bicyclic) bond motifs is 1. The fraction of sp³-hybridized carbons (Fsp3) is 0.250. The van der Waals surface area contributed by atoms with Crippen molar-refractivity contribution in [3.63, 3.8) is 0 Å². The van der Waals surface area contributed by atoms with Gasteiger partial charge in [-0.3, -0.25) is 9.36 Å². The number of benzene rings is 1. The lowest BCUT2D eigenvalue weighted by Gasteiger charge is -2.18. The quantitative estimate of drug-likeness (QED) is 0.720. The molecule has 0 radical (unpaired) electrons. The van der Waals surface area contributed by atoms with Crippen LogP contribution in [0.25, 0.3) is 0 Å². The lowest BCUT2D eigenvalue weighted by Crippen LogP contribution is -2.24. The minimum atomic E-state index is -1.12. The first-order chi connectivity index (χ1) is 11.8. The number of anilines is 3. The maximum Gasteiger partial charge on any atom is 0.341 e. The second-order valence-corrected chi connectivity index (χ2v) is 8.30. The van der Waals surface area contributed by atoms with Gasteiger partial charge in [0.2, 0.25) is 0 Å². The normalized spacial score (nSPS) is 15.6. The van der Waals surface area contributed by atoms with E-state index in [0.717, 1.165) is 5.56 Å². The Hall–Kier alpha value is -1.77. The number of nitrogens with one attached hydrogen (secondary N) is 2. The molecule has 0 saturated heterocycles. The van der Waals surface area contributed by atoms with Gasteiger partial charge in [0.15, 0.2) is 0 Å². The number of rotatable bonds is 4. The zero-order chi connectivity index (χ0) is 18.3. The van der Waals surface area contributed by atoms with Gasteiger partial charge in [-0.2, -0.15) is 0 Å². The molecular formula is C16H16ClN3O3S2. The van der Waals surface area contributed by atoms with Gasteiger partial charge in [0.25, 0.3) is 5.56 Å². The molecule has 1 aliphatic heterocycles. The molecule has 9 heteroatoms. The Morgan fingerprint density at radius 3 is 2.80 bits per heavy atom. The average Bonchev–Trinajstić information content (AvgIpc) is 2.98. The second kappa shape index (κ2) is 6.86. The van der Waals surface area contributed by atoms with Crippen molar-refractivity contribution < 1.29 is 9.90 Å². The highest BCUT2D eigenvalue weighted by Crippen LogP contribution is 2.44. The lowest BCUT2D eigenvalue weighted by molar-refractivity contribution is 0.0698. The number of aromatic carboxylic acids is 1. The van der Waals surface area contributed by atoms with Crippen molar-refractivity contribution in [1.29, 1.82) is 0 Å². The Labute approximate surface area is 158 Å². The maximum absolute atomic E-state index is 12.7. The van der Waals surface area contributed by atoms with Gasteiger partial charge in [-0.25, -0.2) is 4.79 Å². The zero-order valence-electron chi connectivity index (χ0n) is 13.7. The Balaban J connectivity index is 2.18. The van der Waals surface area contributed by atoms with Crippen LogP contribution in [0.2, 0.25) is 5.02 Å². The molecule has 1 unspecified atom stereocenters. The fourth-order valence-corrected chi connectivity index (χ4v) is 4.67. The highest BCUT2D eigenvalue weighted by Gasteiger charge is 2.32.